The standard InChI is InChI=1S/C24H47N3O8P2S2/c1-16(2)32-36(28,33-17(3)4)14-30-20(9)12-38-22-11-23(27-24(25)26-22)39-13-21(10)31-15-37(29,34-18(5)6)35-19(7)8/h11,16-21H,12-15H2,1-10H3,(H2,25,26,27)/t20-,21-/m1/s1. The predicted octanol–water partition coefficient (Wildman–Crippen LogP) is 7.05. The lowest BCUT2D eigenvalue weighted by Crippen LogP contribution is -2.17. The van der Waals surface area contributed by atoms with Gasteiger partial charge < -0.3 is 33.3 Å². The van der Waals surface area contributed by atoms with Crippen LogP contribution in [0.2, 0.25) is 0 Å². The molecule has 0 bridgehead atoms. The molecule has 0 aliphatic carbocycles. The molecule has 0 fully saturated rings. The Morgan fingerprint density at radius 2 is 0.974 bits per heavy atom. The Hall–Kier alpha value is -0.200. The second-order valence-electron chi connectivity index (χ2n) is 10.1. The number of hydrogen-bond donors (Lipinski definition) is 1. The van der Waals surface area contributed by atoms with Crippen LogP contribution in [0.4, 0.5) is 5.95 Å². The molecule has 0 radical (unpaired) electrons. The molecule has 0 aliphatic rings. The fraction of sp³-hybridized carbons (Fsp3) is 0.833. The smallest absolute Gasteiger partial charge is 0.356 e. The molecule has 15 heteroatoms. The number of nitrogens with two attached hydrogens (primary N) is 1. The van der Waals surface area contributed by atoms with Crippen molar-refractivity contribution in [2.24, 2.45) is 0 Å². The van der Waals surface area contributed by atoms with Crippen LogP contribution in [0.25, 0.3) is 0 Å². The number of nitrogens with zero attached hydrogens (tertiary/aromatic N) is 2. The van der Waals surface area contributed by atoms with Crippen molar-refractivity contribution < 1.29 is 36.7 Å². The van der Waals surface area contributed by atoms with Gasteiger partial charge in [-0.25, -0.2) is 9.97 Å². The van der Waals surface area contributed by atoms with Gasteiger partial charge in [0.25, 0.3) is 0 Å². The summed E-state index contributed by atoms with van der Waals surface area (Å²) in [6, 6.07) is 1.84. The quantitative estimate of drug-likeness (QED) is 0.0893. The first-order chi connectivity index (χ1) is 18.0. The lowest BCUT2D eigenvalue weighted by molar-refractivity contribution is 0.0729. The Morgan fingerprint density at radius 1 is 0.667 bits per heavy atom. The van der Waals surface area contributed by atoms with Gasteiger partial charge in [0, 0.05) is 17.6 Å². The number of aromatic nitrogens is 2. The molecule has 0 saturated heterocycles. The Bertz CT molecular complexity index is 858. The van der Waals surface area contributed by atoms with E-state index in [2.05, 4.69) is 9.97 Å². The second-order valence-corrected chi connectivity index (χ2v) is 16.0. The zero-order chi connectivity index (χ0) is 29.8. The van der Waals surface area contributed by atoms with Gasteiger partial charge in [0.15, 0.2) is 0 Å². The third-order valence-electron chi connectivity index (χ3n) is 4.15. The molecule has 2 atom stereocenters. The van der Waals surface area contributed by atoms with Gasteiger partial charge in [-0.1, -0.05) is 0 Å². The van der Waals surface area contributed by atoms with Crippen molar-refractivity contribution in [3.63, 3.8) is 0 Å². The van der Waals surface area contributed by atoms with Crippen LogP contribution < -0.4 is 5.73 Å². The number of thioether (sulfide) groups is 2. The highest BCUT2D eigenvalue weighted by Gasteiger charge is 2.30. The molecular weight excluding hydrogens is 584 g/mol. The monoisotopic (exact) mass is 631 g/mol. The Morgan fingerprint density at radius 3 is 1.26 bits per heavy atom. The van der Waals surface area contributed by atoms with Crippen molar-refractivity contribution >= 4 is 44.7 Å². The topological polar surface area (TPSA) is 141 Å². The van der Waals surface area contributed by atoms with Crippen molar-refractivity contribution in [3.8, 4) is 0 Å². The first-order valence-corrected chi connectivity index (χ1v) is 18.5. The maximum atomic E-state index is 13.0. The molecule has 0 spiro atoms. The van der Waals surface area contributed by atoms with Crippen molar-refractivity contribution in [1.82, 2.24) is 9.97 Å². The predicted molar refractivity (Wildman–Crippen MR) is 159 cm³/mol. The van der Waals surface area contributed by atoms with Gasteiger partial charge >= 0.3 is 15.2 Å². The van der Waals surface area contributed by atoms with Crippen molar-refractivity contribution in [2.75, 3.05) is 29.9 Å². The van der Waals surface area contributed by atoms with E-state index in [9.17, 15) is 9.13 Å². The van der Waals surface area contributed by atoms with Gasteiger partial charge in [-0.2, -0.15) is 0 Å². The SMILES string of the molecule is CC(C)OP(=O)(CO[C@H](C)CSc1cc(SC[C@@H](C)OCP(=O)(OC(C)C)OC(C)C)nc(N)n1)OC(C)C. The van der Waals surface area contributed by atoms with Crippen LogP contribution in [0, 0.1) is 0 Å². The minimum Gasteiger partial charge on any atom is -0.368 e. The molecule has 1 aromatic heterocycles. The molecule has 1 aromatic rings. The molecule has 0 amide bonds. The van der Waals surface area contributed by atoms with Gasteiger partial charge in [0.2, 0.25) is 5.95 Å². The molecule has 39 heavy (non-hydrogen) atoms. The summed E-state index contributed by atoms with van der Waals surface area (Å²) in [7, 11) is -6.74. The Balaban J connectivity index is 2.64. The Labute approximate surface area is 242 Å². The van der Waals surface area contributed by atoms with Gasteiger partial charge in [0.05, 0.1) is 36.6 Å². The summed E-state index contributed by atoms with van der Waals surface area (Å²) in [5.41, 5.74) is 5.94. The zero-order valence-electron chi connectivity index (χ0n) is 24.8. The van der Waals surface area contributed by atoms with E-state index in [-0.39, 0.29) is 55.3 Å². The van der Waals surface area contributed by atoms with Crippen LogP contribution in [0.5, 0.6) is 0 Å². The first kappa shape index (κ1) is 36.8. The molecule has 0 saturated carbocycles. The molecular formula is C24H47N3O8P2S2. The van der Waals surface area contributed by atoms with E-state index in [1.807, 2.05) is 19.9 Å². The lowest BCUT2D eigenvalue weighted by Gasteiger charge is -2.24. The first-order valence-electron chi connectivity index (χ1n) is 13.1. The average Bonchev–Trinajstić information content (AvgIpc) is 2.76. The van der Waals surface area contributed by atoms with E-state index in [1.165, 1.54) is 23.5 Å². The van der Waals surface area contributed by atoms with Crippen molar-refractivity contribution in [2.45, 2.75) is 116 Å². The van der Waals surface area contributed by atoms with Crippen LogP contribution in [0.1, 0.15) is 69.2 Å². The van der Waals surface area contributed by atoms with Crippen LogP contribution in [-0.2, 0) is 36.7 Å². The molecule has 0 aromatic carbocycles. The highest BCUT2D eigenvalue weighted by Crippen LogP contribution is 2.51. The average molecular weight is 632 g/mol. The molecule has 0 unspecified atom stereocenters. The lowest BCUT2D eigenvalue weighted by atomic mass is 10.5. The summed E-state index contributed by atoms with van der Waals surface area (Å²) < 4.78 is 59.7. The minimum atomic E-state index is -3.37. The third kappa shape index (κ3) is 16.7. The van der Waals surface area contributed by atoms with E-state index < -0.39 is 15.2 Å². The fourth-order valence-corrected chi connectivity index (χ4v) is 8.53. The van der Waals surface area contributed by atoms with Crippen LogP contribution in [0.15, 0.2) is 16.1 Å². The molecule has 1 heterocycles. The maximum absolute atomic E-state index is 13.0. The number of ether oxygens (including phenoxy) is 2. The summed E-state index contributed by atoms with van der Waals surface area (Å²) in [5.74, 6) is 1.25. The van der Waals surface area contributed by atoms with Gasteiger partial charge in [0.1, 0.15) is 22.7 Å². The van der Waals surface area contributed by atoms with Gasteiger partial charge in [-0.15, -0.1) is 23.5 Å². The second kappa shape index (κ2) is 17.7. The number of anilines is 1. The summed E-state index contributed by atoms with van der Waals surface area (Å²) >= 11 is 2.90. The van der Waals surface area contributed by atoms with E-state index >= 15 is 0 Å². The van der Waals surface area contributed by atoms with Crippen LogP contribution in [-0.4, -0.2) is 70.8 Å². The zero-order valence-corrected chi connectivity index (χ0v) is 28.2. The molecule has 1 rings (SSSR count). The number of hydrogen-bond acceptors (Lipinski definition) is 13. The van der Waals surface area contributed by atoms with E-state index in [1.54, 1.807) is 55.4 Å². The molecule has 2 N–H and O–H groups in total. The number of nitrogen functional groups attached to an aromatic ring is 1. The maximum Gasteiger partial charge on any atom is 0.356 e. The van der Waals surface area contributed by atoms with Crippen molar-refractivity contribution in [3.05, 3.63) is 6.07 Å². The van der Waals surface area contributed by atoms with Gasteiger partial charge in [-0.3, -0.25) is 9.13 Å². The summed E-state index contributed by atoms with van der Waals surface area (Å²) in [6.45, 7) is 18.2. The molecule has 228 valence electrons. The Kier molecular flexibility index (Phi) is 16.7. The largest absolute Gasteiger partial charge is 0.368 e. The highest BCUT2D eigenvalue weighted by molar-refractivity contribution is 8.00. The van der Waals surface area contributed by atoms with Crippen LogP contribution >= 0.6 is 38.7 Å². The van der Waals surface area contributed by atoms with E-state index in [4.69, 9.17) is 33.3 Å². The van der Waals surface area contributed by atoms with Crippen molar-refractivity contribution in [1.29, 1.82) is 0 Å². The van der Waals surface area contributed by atoms with E-state index in [0.29, 0.717) is 21.6 Å². The van der Waals surface area contributed by atoms with E-state index in [0.717, 1.165) is 0 Å². The van der Waals surface area contributed by atoms with Crippen LogP contribution in [0.3, 0.4) is 0 Å². The molecule has 0 aliphatic heterocycles. The highest BCUT2D eigenvalue weighted by atomic mass is 32.2. The third-order valence-corrected chi connectivity index (χ3v) is 10.3. The summed E-state index contributed by atoms with van der Waals surface area (Å²) in [4.78, 5) is 8.60. The normalized spacial score (nSPS) is 14.6. The fourth-order valence-electron chi connectivity index (χ4n) is 2.96. The minimum absolute atomic E-state index is 0.132. The summed E-state index contributed by atoms with van der Waals surface area (Å²) in [6.07, 6.45) is -1.74. The number of rotatable bonds is 20. The van der Waals surface area contributed by atoms with Gasteiger partial charge in [-0.05, 0) is 69.2 Å². The summed E-state index contributed by atoms with van der Waals surface area (Å²) in [5, 5.41) is 1.38. The molecule has 11 nitrogen and oxygen atoms in total.